The summed E-state index contributed by atoms with van der Waals surface area (Å²) in [6.45, 7) is 1.64. The molecule has 1 atom stereocenters. The van der Waals surface area contributed by atoms with Crippen molar-refractivity contribution in [3.63, 3.8) is 0 Å². The van der Waals surface area contributed by atoms with Crippen LogP contribution < -0.4 is 20.3 Å². The number of carbonyl (C=O) groups is 3. The van der Waals surface area contributed by atoms with Crippen LogP contribution in [0.1, 0.15) is 49.7 Å². The fraction of sp³-hybridized carbons (Fsp3) is 0.389. The van der Waals surface area contributed by atoms with Gasteiger partial charge in [0.25, 0.3) is 5.91 Å². The fourth-order valence-electron chi connectivity index (χ4n) is 6.96. The summed E-state index contributed by atoms with van der Waals surface area (Å²) in [4.78, 5) is 51.1. The third kappa shape index (κ3) is 6.08. The molecule has 0 spiro atoms. The summed E-state index contributed by atoms with van der Waals surface area (Å²) >= 11 is 0. The maximum absolute atomic E-state index is 15.4. The third-order valence-electron chi connectivity index (χ3n) is 9.65. The summed E-state index contributed by atoms with van der Waals surface area (Å²) in [5.74, 6) is 0.631. The first kappa shape index (κ1) is 30.0. The minimum atomic E-state index is -1.52. The second-order valence-corrected chi connectivity index (χ2v) is 12.9. The molecule has 2 bridgehead atoms. The Bertz CT molecular complexity index is 1670. The Balaban J connectivity index is 1.31. The number of rotatable bonds is 8. The Morgan fingerprint density at radius 1 is 0.891 bits per heavy atom. The number of ether oxygens (including phenoxy) is 1. The number of hydrogen-bond acceptors (Lipinski definition) is 5. The van der Waals surface area contributed by atoms with Gasteiger partial charge >= 0.3 is 6.03 Å². The van der Waals surface area contributed by atoms with Crippen LogP contribution in [0.5, 0.6) is 5.75 Å². The highest BCUT2D eigenvalue weighted by molar-refractivity contribution is 6.22. The molecule has 4 amide bonds. The molecule has 3 aromatic carbocycles. The van der Waals surface area contributed by atoms with E-state index in [2.05, 4.69) is 0 Å². The van der Waals surface area contributed by atoms with E-state index in [4.69, 9.17) is 15.5 Å². The number of hydrogen-bond donors (Lipinski definition) is 1. The molecule has 2 N–H and O–H groups in total. The highest BCUT2D eigenvalue weighted by Gasteiger charge is 2.40. The average molecular weight is 624 g/mol. The standard InChI is InChI=1S/C36H38FN5O4/c37-30-10-3-1-8-28(30)33-29-9-2-4-11-31(29)41(21-32(43)40-19-23-12-13-24(20-40)15-14-23)35(44)34(39-33)42(36(38)45)26-6-5-7-27(18-26)46-22-25-16-17-25/h1-11,18,23-25,34H,12-17,19-22H2,(H2,38,45). The molecule has 2 saturated heterocycles. The Labute approximate surface area is 267 Å². The Kier molecular flexibility index (Phi) is 8.19. The lowest BCUT2D eigenvalue weighted by atomic mass is 9.84. The van der Waals surface area contributed by atoms with Crippen molar-refractivity contribution in [1.29, 1.82) is 0 Å². The van der Waals surface area contributed by atoms with Crippen LogP contribution >= 0.6 is 0 Å². The first-order chi connectivity index (χ1) is 22.4. The van der Waals surface area contributed by atoms with E-state index in [0.29, 0.717) is 60.1 Å². The Morgan fingerprint density at radius 3 is 2.24 bits per heavy atom. The van der Waals surface area contributed by atoms with Crippen molar-refractivity contribution in [3.05, 3.63) is 89.7 Å². The molecule has 9 nitrogen and oxygen atoms in total. The number of nitrogens with two attached hydrogens (primary N) is 1. The minimum absolute atomic E-state index is 0.163. The molecule has 8 rings (SSSR count). The monoisotopic (exact) mass is 623 g/mol. The van der Waals surface area contributed by atoms with Crippen LogP contribution in [0.3, 0.4) is 0 Å². The van der Waals surface area contributed by atoms with Crippen molar-refractivity contribution in [2.75, 3.05) is 36.0 Å². The largest absolute Gasteiger partial charge is 0.493 e. The zero-order valence-corrected chi connectivity index (χ0v) is 25.7. The molecule has 2 saturated carbocycles. The maximum Gasteiger partial charge on any atom is 0.321 e. The zero-order chi connectivity index (χ0) is 31.8. The minimum Gasteiger partial charge on any atom is -0.493 e. The average Bonchev–Trinajstić information content (AvgIpc) is 3.93. The number of primary amides is 1. The van der Waals surface area contributed by atoms with E-state index in [1.807, 2.05) is 4.90 Å². The van der Waals surface area contributed by atoms with Gasteiger partial charge in [-0.05, 0) is 86.6 Å². The number of para-hydroxylation sites is 1. The molecule has 2 aliphatic carbocycles. The fourth-order valence-corrected chi connectivity index (χ4v) is 6.96. The SMILES string of the molecule is NC(=O)N(c1cccc(OCC2CC2)c1)C1N=C(c2ccccc2F)c2ccccc2N(CC(=O)N2CC3CCC(CC3)C2)C1=O. The molecule has 3 aliphatic heterocycles. The molecule has 3 aromatic rings. The smallest absolute Gasteiger partial charge is 0.321 e. The molecular formula is C36H38FN5O4. The molecule has 238 valence electrons. The second-order valence-electron chi connectivity index (χ2n) is 12.9. The predicted molar refractivity (Wildman–Crippen MR) is 173 cm³/mol. The number of halogens is 1. The van der Waals surface area contributed by atoms with Crippen LogP contribution in [-0.2, 0) is 9.59 Å². The number of carbonyl (C=O) groups excluding carboxylic acids is 3. The molecule has 4 fully saturated rings. The molecule has 10 heteroatoms. The van der Waals surface area contributed by atoms with E-state index >= 15 is 4.39 Å². The van der Waals surface area contributed by atoms with Gasteiger partial charge in [0.2, 0.25) is 12.1 Å². The van der Waals surface area contributed by atoms with E-state index < -0.39 is 23.9 Å². The number of nitrogens with zero attached hydrogens (tertiary/aromatic N) is 4. The van der Waals surface area contributed by atoms with Crippen molar-refractivity contribution < 1.29 is 23.5 Å². The lowest BCUT2D eigenvalue weighted by Crippen LogP contribution is -2.54. The molecular weight excluding hydrogens is 585 g/mol. The normalized spacial score (nSPS) is 22.4. The van der Waals surface area contributed by atoms with Crippen molar-refractivity contribution in [2.24, 2.45) is 28.5 Å². The summed E-state index contributed by atoms with van der Waals surface area (Å²) in [7, 11) is 0. The van der Waals surface area contributed by atoms with Crippen LogP contribution in [0.15, 0.2) is 77.8 Å². The summed E-state index contributed by atoms with van der Waals surface area (Å²) in [6.07, 6.45) is 5.15. The highest BCUT2D eigenvalue weighted by atomic mass is 19.1. The van der Waals surface area contributed by atoms with Crippen LogP contribution in [0.2, 0.25) is 0 Å². The number of anilines is 2. The summed E-state index contributed by atoms with van der Waals surface area (Å²) in [5.41, 5.74) is 7.52. The summed E-state index contributed by atoms with van der Waals surface area (Å²) in [6, 6.07) is 19.1. The van der Waals surface area contributed by atoms with Crippen LogP contribution in [0.25, 0.3) is 0 Å². The van der Waals surface area contributed by atoms with Crippen LogP contribution in [-0.4, -0.2) is 60.9 Å². The topological polar surface area (TPSA) is 109 Å². The molecule has 3 heterocycles. The van der Waals surface area contributed by atoms with E-state index in [1.165, 1.54) is 11.0 Å². The molecule has 5 aliphatic rings. The quantitative estimate of drug-likeness (QED) is 0.365. The lowest BCUT2D eigenvalue weighted by molar-refractivity contribution is -0.132. The maximum atomic E-state index is 15.4. The first-order valence-corrected chi connectivity index (χ1v) is 16.2. The van der Waals surface area contributed by atoms with Gasteiger partial charge in [-0.25, -0.2) is 14.2 Å². The van der Waals surface area contributed by atoms with Gasteiger partial charge in [0.15, 0.2) is 0 Å². The second kappa shape index (κ2) is 12.6. The van der Waals surface area contributed by atoms with Crippen molar-refractivity contribution in [1.82, 2.24) is 4.90 Å². The zero-order valence-electron chi connectivity index (χ0n) is 25.7. The first-order valence-electron chi connectivity index (χ1n) is 16.2. The van der Waals surface area contributed by atoms with Crippen LogP contribution in [0, 0.1) is 23.6 Å². The van der Waals surface area contributed by atoms with Gasteiger partial charge in [-0.15, -0.1) is 0 Å². The van der Waals surface area contributed by atoms with E-state index in [1.54, 1.807) is 66.7 Å². The van der Waals surface area contributed by atoms with Crippen molar-refractivity contribution >= 4 is 34.9 Å². The number of aliphatic imine (C=N–C) groups is 1. The number of fused-ring (bicyclic) bond motifs is 5. The predicted octanol–water partition coefficient (Wildman–Crippen LogP) is 5.36. The van der Waals surface area contributed by atoms with Gasteiger partial charge in [-0.1, -0.05) is 36.4 Å². The number of amides is 4. The van der Waals surface area contributed by atoms with Gasteiger partial charge < -0.3 is 15.4 Å². The number of urea groups is 1. The van der Waals surface area contributed by atoms with E-state index in [0.717, 1.165) is 43.4 Å². The van der Waals surface area contributed by atoms with Crippen molar-refractivity contribution in [3.8, 4) is 5.75 Å². The van der Waals surface area contributed by atoms with Crippen LogP contribution in [0.4, 0.5) is 20.6 Å². The highest BCUT2D eigenvalue weighted by Crippen LogP contribution is 2.36. The molecule has 46 heavy (non-hydrogen) atoms. The lowest BCUT2D eigenvalue weighted by Gasteiger charge is -2.32. The number of benzene rings is 3. The molecule has 0 radical (unpaired) electrons. The van der Waals surface area contributed by atoms with Gasteiger partial charge in [0.1, 0.15) is 18.1 Å². The van der Waals surface area contributed by atoms with E-state index in [-0.39, 0.29) is 23.7 Å². The Morgan fingerprint density at radius 2 is 1.57 bits per heavy atom. The molecule has 0 aromatic heterocycles. The van der Waals surface area contributed by atoms with Gasteiger partial charge in [-0.2, -0.15) is 0 Å². The van der Waals surface area contributed by atoms with Gasteiger partial charge in [0, 0.05) is 30.3 Å². The number of benzodiazepines with no additional fused rings is 1. The van der Waals surface area contributed by atoms with Gasteiger partial charge in [0.05, 0.1) is 23.7 Å². The molecule has 1 unspecified atom stereocenters. The third-order valence-corrected chi connectivity index (χ3v) is 9.65. The van der Waals surface area contributed by atoms with E-state index in [9.17, 15) is 14.4 Å². The van der Waals surface area contributed by atoms with Crippen molar-refractivity contribution in [2.45, 2.75) is 44.7 Å². The summed E-state index contributed by atoms with van der Waals surface area (Å²) in [5, 5.41) is 0. The Hall–Kier alpha value is -4.73. The summed E-state index contributed by atoms with van der Waals surface area (Å²) < 4.78 is 21.4. The van der Waals surface area contributed by atoms with Gasteiger partial charge in [-0.3, -0.25) is 19.4 Å².